The zero-order valence-electron chi connectivity index (χ0n) is 13.5. The van der Waals surface area contributed by atoms with Crippen LogP contribution in [0, 0.1) is 0 Å². The topological polar surface area (TPSA) is 91.9 Å². The van der Waals surface area contributed by atoms with E-state index in [1.54, 1.807) is 0 Å². The van der Waals surface area contributed by atoms with Crippen LogP contribution in [0.25, 0.3) is 11.3 Å². The number of aromatic nitrogens is 2. The Kier molecular flexibility index (Phi) is 4.71. The van der Waals surface area contributed by atoms with E-state index in [1.807, 2.05) is 30.3 Å². The quantitative estimate of drug-likeness (QED) is 0.886. The van der Waals surface area contributed by atoms with Crippen molar-refractivity contribution in [3.8, 4) is 11.3 Å². The molecule has 128 valence electrons. The molecule has 1 aromatic carbocycles. The van der Waals surface area contributed by atoms with E-state index in [0.29, 0.717) is 24.1 Å². The molecule has 2 N–H and O–H groups in total. The highest BCUT2D eigenvalue weighted by Crippen LogP contribution is 2.25. The summed E-state index contributed by atoms with van der Waals surface area (Å²) >= 11 is 0. The second kappa shape index (κ2) is 6.76. The van der Waals surface area contributed by atoms with E-state index in [0.717, 1.165) is 18.4 Å². The maximum Gasteiger partial charge on any atom is 0.255 e. The maximum atomic E-state index is 12.6. The Morgan fingerprint density at radius 3 is 2.71 bits per heavy atom. The van der Waals surface area contributed by atoms with Gasteiger partial charge in [-0.15, -0.1) is 0 Å². The number of aromatic amines is 1. The number of H-pyrrole nitrogens is 1. The Morgan fingerprint density at radius 2 is 2.00 bits per heavy atom. The van der Waals surface area contributed by atoms with Gasteiger partial charge in [0.15, 0.2) is 0 Å². The van der Waals surface area contributed by atoms with Crippen molar-refractivity contribution in [1.82, 2.24) is 15.5 Å². The first-order chi connectivity index (χ1) is 11.4. The number of hydrogen-bond acceptors (Lipinski definition) is 4. The SMILES string of the molecule is CS(=O)(=O)C1CCCC(NC(=O)c2cn[nH]c2-c2ccccc2)C1. The fourth-order valence-corrected chi connectivity index (χ4v) is 4.39. The van der Waals surface area contributed by atoms with Gasteiger partial charge in [-0.2, -0.15) is 5.10 Å². The van der Waals surface area contributed by atoms with Gasteiger partial charge in [-0.1, -0.05) is 36.8 Å². The fourth-order valence-electron chi connectivity index (χ4n) is 3.21. The number of hydrogen-bond donors (Lipinski definition) is 2. The summed E-state index contributed by atoms with van der Waals surface area (Å²) in [7, 11) is -3.07. The first kappa shape index (κ1) is 16.7. The van der Waals surface area contributed by atoms with Crippen molar-refractivity contribution in [2.24, 2.45) is 0 Å². The molecule has 1 aromatic heterocycles. The molecule has 2 aromatic rings. The number of benzene rings is 1. The van der Waals surface area contributed by atoms with Gasteiger partial charge in [0.1, 0.15) is 9.84 Å². The Hall–Kier alpha value is -2.15. The normalized spacial score (nSPS) is 21.4. The fraction of sp³-hybridized carbons (Fsp3) is 0.412. The molecule has 1 saturated carbocycles. The van der Waals surface area contributed by atoms with Gasteiger partial charge in [-0.25, -0.2) is 8.42 Å². The molecule has 6 nitrogen and oxygen atoms in total. The monoisotopic (exact) mass is 347 g/mol. The Balaban J connectivity index is 1.73. The molecule has 0 bridgehead atoms. The molecule has 1 aliphatic carbocycles. The van der Waals surface area contributed by atoms with E-state index in [4.69, 9.17) is 0 Å². The zero-order valence-corrected chi connectivity index (χ0v) is 14.3. The lowest BCUT2D eigenvalue weighted by molar-refractivity contribution is 0.0928. The van der Waals surface area contributed by atoms with Crippen molar-refractivity contribution in [3.63, 3.8) is 0 Å². The average Bonchev–Trinajstić information content (AvgIpc) is 3.05. The van der Waals surface area contributed by atoms with Gasteiger partial charge < -0.3 is 5.32 Å². The molecule has 0 spiro atoms. The van der Waals surface area contributed by atoms with Gasteiger partial charge in [0.2, 0.25) is 0 Å². The highest BCUT2D eigenvalue weighted by atomic mass is 32.2. The van der Waals surface area contributed by atoms with Crippen molar-refractivity contribution >= 4 is 15.7 Å². The predicted octanol–water partition coefficient (Wildman–Crippen LogP) is 2.16. The van der Waals surface area contributed by atoms with Crippen LogP contribution in [0.15, 0.2) is 36.5 Å². The predicted molar refractivity (Wildman–Crippen MR) is 92.4 cm³/mol. The summed E-state index contributed by atoms with van der Waals surface area (Å²) in [6.07, 6.45) is 5.53. The molecule has 1 heterocycles. The van der Waals surface area contributed by atoms with Gasteiger partial charge in [0.05, 0.1) is 22.7 Å². The minimum absolute atomic E-state index is 0.121. The Bertz CT molecular complexity index is 815. The van der Waals surface area contributed by atoms with Gasteiger partial charge >= 0.3 is 0 Å². The summed E-state index contributed by atoms with van der Waals surface area (Å²) < 4.78 is 23.5. The second-order valence-corrected chi connectivity index (χ2v) is 8.64. The molecular weight excluding hydrogens is 326 g/mol. The second-order valence-electron chi connectivity index (χ2n) is 6.31. The highest BCUT2D eigenvalue weighted by Gasteiger charge is 2.30. The minimum atomic E-state index is -3.07. The summed E-state index contributed by atoms with van der Waals surface area (Å²) in [5.41, 5.74) is 2.03. The molecule has 3 rings (SSSR count). The van der Waals surface area contributed by atoms with E-state index in [1.165, 1.54) is 12.5 Å². The standard InChI is InChI=1S/C17H21N3O3S/c1-24(22,23)14-9-5-8-13(10-14)19-17(21)15-11-18-20-16(15)12-6-3-2-4-7-12/h2-4,6-7,11,13-14H,5,8-10H2,1H3,(H,18,20)(H,19,21). The van der Waals surface area contributed by atoms with Crippen molar-refractivity contribution < 1.29 is 13.2 Å². The van der Waals surface area contributed by atoms with E-state index >= 15 is 0 Å². The molecular formula is C17H21N3O3S. The summed E-state index contributed by atoms with van der Waals surface area (Å²) in [5, 5.41) is 9.46. The first-order valence-corrected chi connectivity index (χ1v) is 9.99. The van der Waals surface area contributed by atoms with Crippen LogP contribution in [0.1, 0.15) is 36.0 Å². The third-order valence-corrected chi connectivity index (χ3v) is 6.15. The van der Waals surface area contributed by atoms with Crippen molar-refractivity contribution in [2.45, 2.75) is 37.0 Å². The van der Waals surface area contributed by atoms with Gasteiger partial charge in [-0.05, 0) is 19.3 Å². The van der Waals surface area contributed by atoms with Crippen LogP contribution in [-0.4, -0.2) is 42.1 Å². The van der Waals surface area contributed by atoms with Crippen LogP contribution in [0.5, 0.6) is 0 Å². The van der Waals surface area contributed by atoms with E-state index in [-0.39, 0.29) is 17.2 Å². The molecule has 2 atom stereocenters. The lowest BCUT2D eigenvalue weighted by atomic mass is 9.94. The molecule has 0 radical (unpaired) electrons. The number of sulfone groups is 1. The van der Waals surface area contributed by atoms with Crippen molar-refractivity contribution in [2.75, 3.05) is 6.26 Å². The molecule has 1 amide bonds. The summed E-state index contributed by atoms with van der Waals surface area (Å²) in [5.74, 6) is -0.221. The number of carbonyl (C=O) groups excluding carboxylic acids is 1. The van der Waals surface area contributed by atoms with E-state index < -0.39 is 9.84 Å². The van der Waals surface area contributed by atoms with Crippen LogP contribution < -0.4 is 5.32 Å². The van der Waals surface area contributed by atoms with Crippen LogP contribution in [0.3, 0.4) is 0 Å². The number of nitrogens with one attached hydrogen (secondary N) is 2. The molecule has 1 fully saturated rings. The van der Waals surface area contributed by atoms with Crippen LogP contribution in [0.4, 0.5) is 0 Å². The summed E-state index contributed by atoms with van der Waals surface area (Å²) in [4.78, 5) is 12.6. The molecule has 0 saturated heterocycles. The third kappa shape index (κ3) is 3.67. The van der Waals surface area contributed by atoms with Gasteiger partial charge in [0, 0.05) is 17.9 Å². The van der Waals surface area contributed by atoms with Crippen LogP contribution in [0.2, 0.25) is 0 Å². The average molecular weight is 347 g/mol. The lowest BCUT2D eigenvalue weighted by Gasteiger charge is -2.28. The molecule has 1 aliphatic rings. The molecule has 7 heteroatoms. The Morgan fingerprint density at radius 1 is 1.25 bits per heavy atom. The lowest BCUT2D eigenvalue weighted by Crippen LogP contribution is -2.41. The van der Waals surface area contributed by atoms with E-state index in [2.05, 4.69) is 15.5 Å². The number of rotatable bonds is 4. The summed E-state index contributed by atoms with van der Waals surface area (Å²) in [6.45, 7) is 0. The summed E-state index contributed by atoms with van der Waals surface area (Å²) in [6, 6.07) is 9.40. The number of carbonyl (C=O) groups is 1. The zero-order chi connectivity index (χ0) is 17.2. The van der Waals surface area contributed by atoms with Gasteiger partial charge in [-0.3, -0.25) is 9.89 Å². The minimum Gasteiger partial charge on any atom is -0.349 e. The van der Waals surface area contributed by atoms with Gasteiger partial charge in [0.25, 0.3) is 5.91 Å². The Labute approximate surface area is 141 Å². The van der Waals surface area contributed by atoms with Crippen molar-refractivity contribution in [1.29, 1.82) is 0 Å². The van der Waals surface area contributed by atoms with E-state index in [9.17, 15) is 13.2 Å². The molecule has 2 unspecified atom stereocenters. The highest BCUT2D eigenvalue weighted by molar-refractivity contribution is 7.91. The van der Waals surface area contributed by atoms with Crippen molar-refractivity contribution in [3.05, 3.63) is 42.1 Å². The smallest absolute Gasteiger partial charge is 0.255 e. The maximum absolute atomic E-state index is 12.6. The van der Waals surface area contributed by atoms with Crippen LogP contribution in [-0.2, 0) is 9.84 Å². The third-order valence-electron chi connectivity index (χ3n) is 4.51. The number of nitrogens with zero attached hydrogens (tertiary/aromatic N) is 1. The van der Waals surface area contributed by atoms with Crippen LogP contribution >= 0.6 is 0 Å². The number of amides is 1. The molecule has 24 heavy (non-hydrogen) atoms. The largest absolute Gasteiger partial charge is 0.349 e. The molecule has 0 aliphatic heterocycles. The first-order valence-electron chi connectivity index (χ1n) is 8.03.